The molecular weight excluding hydrogens is 318 g/mol. The Labute approximate surface area is 138 Å². The molecule has 23 heavy (non-hydrogen) atoms. The van der Waals surface area contributed by atoms with E-state index in [0.717, 1.165) is 23.4 Å². The molecule has 2 N–H and O–H groups in total. The maximum Gasteiger partial charge on any atom is 0.283 e. The molecule has 124 valence electrons. The first kappa shape index (κ1) is 18.7. The molecule has 1 aromatic rings. The zero-order valence-electron chi connectivity index (χ0n) is 13.1. The summed E-state index contributed by atoms with van der Waals surface area (Å²) in [5, 5.41) is 11.1. The average molecular weight is 337 g/mol. The summed E-state index contributed by atoms with van der Waals surface area (Å²) in [5.41, 5.74) is 5.81. The lowest BCUT2D eigenvalue weighted by Crippen LogP contribution is -2.33. The van der Waals surface area contributed by atoms with Crippen LogP contribution in [0.5, 0.6) is 0 Å². The molecule has 0 unspecified atom stereocenters. The maximum atomic E-state index is 12.2. The number of hydrogen-bond donors (Lipinski definition) is 1. The van der Waals surface area contributed by atoms with Crippen LogP contribution in [0.25, 0.3) is 0 Å². The van der Waals surface area contributed by atoms with E-state index < -0.39 is 10.8 Å². The van der Waals surface area contributed by atoms with Crippen molar-refractivity contribution in [3.63, 3.8) is 0 Å². The van der Waals surface area contributed by atoms with Gasteiger partial charge >= 0.3 is 0 Å². The highest BCUT2D eigenvalue weighted by atomic mass is 32.2. The number of nitro groups is 1. The number of benzene rings is 1. The Morgan fingerprint density at radius 1 is 1.43 bits per heavy atom. The molecule has 1 aromatic carbocycles. The zero-order chi connectivity index (χ0) is 17.6. The van der Waals surface area contributed by atoms with Crippen LogP contribution in [-0.2, 0) is 4.79 Å². The summed E-state index contributed by atoms with van der Waals surface area (Å²) in [6, 6.07) is 3.97. The number of rotatable bonds is 8. The Morgan fingerprint density at radius 2 is 2.09 bits per heavy atom. The van der Waals surface area contributed by atoms with E-state index in [1.807, 2.05) is 13.8 Å². The molecule has 0 aliphatic carbocycles. The Bertz CT molecular complexity index is 646. The van der Waals surface area contributed by atoms with Crippen LogP contribution in [0.3, 0.4) is 0 Å². The van der Waals surface area contributed by atoms with Gasteiger partial charge in [0, 0.05) is 24.7 Å². The molecular formula is C15H19N3O4S. The predicted octanol–water partition coefficient (Wildman–Crippen LogP) is 2.21. The minimum atomic E-state index is -0.737. The lowest BCUT2D eigenvalue weighted by molar-refractivity contribution is -0.387. The number of carbonyl (C=O) groups excluding carboxylic acids is 2. The summed E-state index contributed by atoms with van der Waals surface area (Å²) in [6.45, 7) is 8.45. The van der Waals surface area contributed by atoms with Crippen LogP contribution in [0.1, 0.15) is 24.2 Å². The number of likely N-dealkylation sites (N-methyl/N-ethyl adjacent to an activating group) is 1. The molecule has 0 spiro atoms. The minimum absolute atomic E-state index is 0.0600. The van der Waals surface area contributed by atoms with Gasteiger partial charge in [0.2, 0.25) is 11.8 Å². The van der Waals surface area contributed by atoms with Crippen LogP contribution in [0.15, 0.2) is 35.2 Å². The van der Waals surface area contributed by atoms with Crippen molar-refractivity contribution in [1.82, 2.24) is 4.90 Å². The van der Waals surface area contributed by atoms with Gasteiger partial charge in [-0.2, -0.15) is 0 Å². The third-order valence-corrected chi connectivity index (χ3v) is 4.03. The molecule has 0 radical (unpaired) electrons. The summed E-state index contributed by atoms with van der Waals surface area (Å²) in [7, 11) is 0. The minimum Gasteiger partial charge on any atom is -0.366 e. The van der Waals surface area contributed by atoms with Crippen LogP contribution >= 0.6 is 11.8 Å². The van der Waals surface area contributed by atoms with Crippen LogP contribution in [0.4, 0.5) is 5.69 Å². The third kappa shape index (κ3) is 5.41. The van der Waals surface area contributed by atoms with Gasteiger partial charge < -0.3 is 10.6 Å². The van der Waals surface area contributed by atoms with Gasteiger partial charge in [-0.15, -0.1) is 11.8 Å². The van der Waals surface area contributed by atoms with Gasteiger partial charge in [0.15, 0.2) is 0 Å². The van der Waals surface area contributed by atoms with Crippen molar-refractivity contribution in [3.05, 3.63) is 46.0 Å². The molecule has 0 saturated heterocycles. The predicted molar refractivity (Wildman–Crippen MR) is 89.4 cm³/mol. The number of amides is 2. The van der Waals surface area contributed by atoms with E-state index in [9.17, 15) is 19.7 Å². The van der Waals surface area contributed by atoms with E-state index in [-0.39, 0.29) is 22.9 Å². The van der Waals surface area contributed by atoms with Crippen LogP contribution in [-0.4, -0.2) is 40.5 Å². The zero-order valence-corrected chi connectivity index (χ0v) is 13.9. The van der Waals surface area contributed by atoms with Gasteiger partial charge in [-0.05, 0) is 26.0 Å². The highest BCUT2D eigenvalue weighted by molar-refractivity contribution is 8.00. The lowest BCUT2D eigenvalue weighted by atomic mass is 10.2. The fraction of sp³-hybridized carbons (Fsp3) is 0.333. The molecule has 0 saturated carbocycles. The van der Waals surface area contributed by atoms with Gasteiger partial charge in [-0.3, -0.25) is 19.7 Å². The normalized spacial score (nSPS) is 10.2. The van der Waals surface area contributed by atoms with E-state index in [2.05, 4.69) is 6.58 Å². The van der Waals surface area contributed by atoms with Crippen molar-refractivity contribution in [1.29, 1.82) is 0 Å². The van der Waals surface area contributed by atoms with Gasteiger partial charge in [-0.1, -0.05) is 12.2 Å². The first-order chi connectivity index (χ1) is 10.8. The first-order valence-corrected chi connectivity index (χ1v) is 7.88. The average Bonchev–Trinajstić information content (AvgIpc) is 2.49. The van der Waals surface area contributed by atoms with Crippen molar-refractivity contribution in [3.8, 4) is 0 Å². The van der Waals surface area contributed by atoms with Crippen molar-refractivity contribution in [2.45, 2.75) is 18.7 Å². The van der Waals surface area contributed by atoms with Gasteiger partial charge in [0.1, 0.15) is 0 Å². The topological polar surface area (TPSA) is 107 Å². The molecule has 0 bridgehead atoms. The number of carbonyl (C=O) groups is 2. The molecule has 7 nitrogen and oxygen atoms in total. The fourth-order valence-corrected chi connectivity index (χ4v) is 2.78. The fourth-order valence-electron chi connectivity index (χ4n) is 1.87. The number of nitro benzene ring substituents is 1. The van der Waals surface area contributed by atoms with Crippen LogP contribution < -0.4 is 5.73 Å². The Balaban J connectivity index is 2.88. The monoisotopic (exact) mass is 337 g/mol. The summed E-state index contributed by atoms with van der Waals surface area (Å²) in [4.78, 5) is 35.7. The second-order valence-corrected chi connectivity index (χ2v) is 5.97. The number of nitrogens with zero attached hydrogens (tertiary/aromatic N) is 2. The lowest BCUT2D eigenvalue weighted by Gasteiger charge is -2.20. The number of primary amides is 1. The maximum absolute atomic E-state index is 12.2. The molecule has 0 aliphatic rings. The number of thioether (sulfide) groups is 1. The van der Waals surface area contributed by atoms with Crippen LogP contribution in [0.2, 0.25) is 0 Å². The third-order valence-electron chi connectivity index (χ3n) is 2.99. The Kier molecular flexibility index (Phi) is 6.77. The summed E-state index contributed by atoms with van der Waals surface area (Å²) in [6.07, 6.45) is 0. The first-order valence-electron chi connectivity index (χ1n) is 6.89. The van der Waals surface area contributed by atoms with E-state index in [1.54, 1.807) is 4.90 Å². The van der Waals surface area contributed by atoms with Crippen LogP contribution in [0, 0.1) is 10.1 Å². The molecule has 0 aromatic heterocycles. The smallest absolute Gasteiger partial charge is 0.283 e. The van der Waals surface area contributed by atoms with E-state index in [0.29, 0.717) is 18.0 Å². The molecule has 2 amide bonds. The number of hydrogen-bond acceptors (Lipinski definition) is 5. The summed E-state index contributed by atoms with van der Waals surface area (Å²) in [5.74, 6) is -0.800. The van der Waals surface area contributed by atoms with Crippen molar-refractivity contribution in [2.24, 2.45) is 5.73 Å². The van der Waals surface area contributed by atoms with Crippen molar-refractivity contribution < 1.29 is 14.5 Å². The Hall–Kier alpha value is -2.35. The van der Waals surface area contributed by atoms with Gasteiger partial charge in [0.25, 0.3) is 5.69 Å². The molecule has 0 heterocycles. The SMILES string of the molecule is C=C(C)CN(CC)C(=O)CSc1ccc(C(N)=O)cc1[N+](=O)[O-]. The highest BCUT2D eigenvalue weighted by Gasteiger charge is 2.19. The molecule has 0 aliphatic heterocycles. The van der Waals surface area contributed by atoms with Crippen molar-refractivity contribution in [2.75, 3.05) is 18.8 Å². The van der Waals surface area contributed by atoms with E-state index in [1.165, 1.54) is 12.1 Å². The molecule has 8 heteroatoms. The van der Waals surface area contributed by atoms with Gasteiger partial charge in [-0.25, -0.2) is 0 Å². The quantitative estimate of drug-likeness (QED) is 0.339. The van der Waals surface area contributed by atoms with E-state index >= 15 is 0 Å². The summed E-state index contributed by atoms with van der Waals surface area (Å²) >= 11 is 1.06. The van der Waals surface area contributed by atoms with Gasteiger partial charge in [0.05, 0.1) is 15.6 Å². The molecule has 0 fully saturated rings. The highest BCUT2D eigenvalue weighted by Crippen LogP contribution is 2.30. The summed E-state index contributed by atoms with van der Waals surface area (Å²) < 4.78 is 0. The van der Waals surface area contributed by atoms with Crippen molar-refractivity contribution >= 4 is 29.3 Å². The van der Waals surface area contributed by atoms with E-state index in [4.69, 9.17) is 5.73 Å². The number of nitrogens with two attached hydrogens (primary N) is 1. The largest absolute Gasteiger partial charge is 0.366 e. The molecule has 0 atom stereocenters. The second-order valence-electron chi connectivity index (χ2n) is 4.96. The molecule has 1 rings (SSSR count). The standard InChI is InChI=1S/C15H19N3O4S/c1-4-17(8-10(2)3)14(19)9-23-13-6-5-11(15(16)20)7-12(13)18(21)22/h5-7H,2,4,8-9H2,1,3H3,(H2,16,20). The Morgan fingerprint density at radius 3 is 2.57 bits per heavy atom. The second kappa shape index (κ2) is 8.33.